The Morgan fingerprint density at radius 1 is 1.04 bits per heavy atom. The molecular weight excluding hydrogens is 380 g/mol. The second-order valence-electron chi connectivity index (χ2n) is 6.95. The van der Waals surface area contributed by atoms with Gasteiger partial charge in [-0.1, -0.05) is 12.1 Å². The van der Waals surface area contributed by atoms with Crippen molar-refractivity contribution in [1.82, 2.24) is 4.90 Å². The number of nitrogens with zero attached hydrogens (tertiary/aromatic N) is 2. The summed E-state index contributed by atoms with van der Waals surface area (Å²) in [5.41, 5.74) is 2.00. The zero-order valence-corrected chi connectivity index (χ0v) is 16.0. The van der Waals surface area contributed by atoms with E-state index in [4.69, 9.17) is 0 Å². The molecule has 2 heterocycles. The second kappa shape index (κ2) is 6.56. The van der Waals surface area contributed by atoms with Crippen LogP contribution in [0.1, 0.15) is 32.7 Å². The van der Waals surface area contributed by atoms with E-state index in [0.29, 0.717) is 36.2 Å². The fourth-order valence-electron chi connectivity index (χ4n) is 3.67. The summed E-state index contributed by atoms with van der Waals surface area (Å²) in [6.45, 7) is 0.104. The molecule has 8 heteroatoms. The van der Waals surface area contributed by atoms with E-state index in [9.17, 15) is 22.8 Å². The summed E-state index contributed by atoms with van der Waals surface area (Å²) < 4.78 is 23.6. The molecule has 0 aliphatic carbocycles. The molecule has 4 rings (SSSR count). The molecule has 0 saturated heterocycles. The van der Waals surface area contributed by atoms with Crippen LogP contribution in [-0.4, -0.2) is 50.4 Å². The molecule has 0 aromatic heterocycles. The zero-order valence-electron chi connectivity index (χ0n) is 15.2. The molecular formula is C20H18N2O5S. The van der Waals surface area contributed by atoms with Gasteiger partial charge in [0.2, 0.25) is 5.91 Å². The molecule has 2 aromatic carbocycles. The average Bonchev–Trinajstić information content (AvgIpc) is 2.91. The van der Waals surface area contributed by atoms with E-state index >= 15 is 0 Å². The van der Waals surface area contributed by atoms with Gasteiger partial charge in [-0.25, -0.2) is 8.42 Å². The third kappa shape index (κ3) is 2.99. The number of benzene rings is 2. The van der Waals surface area contributed by atoms with Crippen molar-refractivity contribution < 1.29 is 22.8 Å². The smallest absolute Gasteiger partial charge is 0.262 e. The lowest BCUT2D eigenvalue weighted by Gasteiger charge is -2.31. The lowest BCUT2D eigenvalue weighted by molar-refractivity contribution is -0.119. The first kappa shape index (κ1) is 18.4. The molecule has 0 N–H and O–H groups in total. The van der Waals surface area contributed by atoms with Gasteiger partial charge in [0.25, 0.3) is 11.8 Å². The van der Waals surface area contributed by atoms with Gasteiger partial charge in [0.1, 0.15) is 6.54 Å². The highest BCUT2D eigenvalue weighted by Crippen LogP contribution is 2.30. The van der Waals surface area contributed by atoms with Crippen molar-refractivity contribution >= 4 is 33.2 Å². The summed E-state index contributed by atoms with van der Waals surface area (Å²) in [5, 5.41) is 0. The first-order chi connectivity index (χ1) is 13.3. The quantitative estimate of drug-likeness (QED) is 0.734. The number of hydrogen-bond acceptors (Lipinski definition) is 5. The van der Waals surface area contributed by atoms with Crippen LogP contribution in [0, 0.1) is 0 Å². The minimum atomic E-state index is -3.34. The topological polar surface area (TPSA) is 91.8 Å². The first-order valence-corrected chi connectivity index (χ1v) is 10.7. The van der Waals surface area contributed by atoms with Crippen LogP contribution in [0.5, 0.6) is 0 Å². The maximum atomic E-state index is 12.9. The number of anilines is 1. The van der Waals surface area contributed by atoms with E-state index in [1.54, 1.807) is 36.4 Å². The van der Waals surface area contributed by atoms with E-state index < -0.39 is 21.7 Å². The van der Waals surface area contributed by atoms with Crippen LogP contribution in [0.3, 0.4) is 0 Å². The Morgan fingerprint density at radius 3 is 2.29 bits per heavy atom. The third-order valence-electron chi connectivity index (χ3n) is 5.07. The highest BCUT2D eigenvalue weighted by atomic mass is 32.2. The highest BCUT2D eigenvalue weighted by molar-refractivity contribution is 7.90. The van der Waals surface area contributed by atoms with E-state index in [-0.39, 0.29) is 17.3 Å². The molecule has 0 radical (unpaired) electrons. The maximum absolute atomic E-state index is 12.9. The largest absolute Gasteiger partial charge is 0.311 e. The van der Waals surface area contributed by atoms with Crippen LogP contribution in [0.25, 0.3) is 0 Å². The van der Waals surface area contributed by atoms with E-state index in [1.165, 1.54) is 11.0 Å². The second-order valence-corrected chi connectivity index (χ2v) is 8.97. The van der Waals surface area contributed by atoms with Crippen molar-refractivity contribution in [3.63, 3.8) is 0 Å². The van der Waals surface area contributed by atoms with Crippen LogP contribution in [-0.2, 0) is 21.1 Å². The van der Waals surface area contributed by atoms with Gasteiger partial charge in [-0.3, -0.25) is 19.3 Å². The Morgan fingerprint density at radius 2 is 1.68 bits per heavy atom. The van der Waals surface area contributed by atoms with Crippen LogP contribution >= 0.6 is 0 Å². The minimum absolute atomic E-state index is 0.209. The van der Waals surface area contributed by atoms with Gasteiger partial charge in [-0.2, -0.15) is 0 Å². The Hall–Kier alpha value is -3.00. The molecule has 28 heavy (non-hydrogen) atoms. The van der Waals surface area contributed by atoms with E-state index in [0.717, 1.165) is 16.7 Å². The average molecular weight is 398 g/mol. The molecule has 0 spiro atoms. The molecule has 2 aromatic rings. The van der Waals surface area contributed by atoms with E-state index in [1.807, 2.05) is 0 Å². The fraction of sp³-hybridized carbons (Fsp3) is 0.250. The van der Waals surface area contributed by atoms with Gasteiger partial charge in [0, 0.05) is 18.5 Å². The zero-order chi connectivity index (χ0) is 20.1. The number of hydrogen-bond donors (Lipinski definition) is 0. The van der Waals surface area contributed by atoms with Crippen molar-refractivity contribution in [1.29, 1.82) is 0 Å². The summed E-state index contributed by atoms with van der Waals surface area (Å²) in [5.74, 6) is -1.32. The summed E-state index contributed by atoms with van der Waals surface area (Å²) in [7, 11) is -3.34. The number of imide groups is 1. The SMILES string of the molecule is CS(=O)(=O)c1ccc2c(c1)CCCN2C(=O)CN1C(=O)c2ccccc2C1=O. The van der Waals surface area contributed by atoms with Crippen molar-refractivity contribution in [2.24, 2.45) is 0 Å². The number of sulfone groups is 1. The molecule has 2 aliphatic heterocycles. The molecule has 0 fully saturated rings. The van der Waals surface area contributed by atoms with Crippen molar-refractivity contribution in [3.05, 3.63) is 59.2 Å². The van der Waals surface area contributed by atoms with Crippen LogP contribution in [0.4, 0.5) is 5.69 Å². The Kier molecular flexibility index (Phi) is 4.30. The van der Waals surface area contributed by atoms with Gasteiger partial charge >= 0.3 is 0 Å². The predicted molar refractivity (Wildman–Crippen MR) is 102 cm³/mol. The van der Waals surface area contributed by atoms with Crippen molar-refractivity contribution in [2.45, 2.75) is 17.7 Å². The molecule has 7 nitrogen and oxygen atoms in total. The summed E-state index contributed by atoms with van der Waals surface area (Å²) in [6.07, 6.45) is 2.48. The fourth-order valence-corrected chi connectivity index (χ4v) is 4.34. The molecule has 3 amide bonds. The van der Waals surface area contributed by atoms with Gasteiger partial charge < -0.3 is 4.90 Å². The number of fused-ring (bicyclic) bond motifs is 2. The van der Waals surface area contributed by atoms with Gasteiger partial charge in [-0.15, -0.1) is 0 Å². The van der Waals surface area contributed by atoms with Crippen LogP contribution in [0.2, 0.25) is 0 Å². The van der Waals surface area contributed by atoms with Crippen LogP contribution in [0.15, 0.2) is 47.4 Å². The number of carbonyl (C=O) groups excluding carboxylic acids is 3. The molecule has 0 atom stereocenters. The molecule has 0 bridgehead atoms. The van der Waals surface area contributed by atoms with Crippen molar-refractivity contribution in [2.75, 3.05) is 24.2 Å². The van der Waals surface area contributed by atoms with Crippen LogP contribution < -0.4 is 4.90 Å². The number of carbonyl (C=O) groups is 3. The standard InChI is InChI=1S/C20H18N2O5S/c1-28(26,27)14-8-9-17-13(11-14)5-4-10-21(17)18(23)12-22-19(24)15-6-2-3-7-16(15)20(22)25/h2-3,6-9,11H,4-5,10,12H2,1H3. The van der Waals surface area contributed by atoms with Crippen molar-refractivity contribution in [3.8, 4) is 0 Å². The molecule has 0 unspecified atom stereocenters. The number of amides is 3. The van der Waals surface area contributed by atoms with E-state index in [2.05, 4.69) is 0 Å². The Balaban J connectivity index is 1.59. The first-order valence-electron chi connectivity index (χ1n) is 8.86. The number of rotatable bonds is 3. The molecule has 2 aliphatic rings. The maximum Gasteiger partial charge on any atom is 0.262 e. The number of aryl methyl sites for hydroxylation is 1. The molecule has 0 saturated carbocycles. The normalized spacial score (nSPS) is 16.2. The third-order valence-corrected chi connectivity index (χ3v) is 6.18. The monoisotopic (exact) mass is 398 g/mol. The van der Waals surface area contributed by atoms with Gasteiger partial charge in [-0.05, 0) is 48.7 Å². The summed E-state index contributed by atoms with van der Waals surface area (Å²) in [6, 6.07) is 11.2. The molecule has 144 valence electrons. The Labute approximate surface area is 162 Å². The predicted octanol–water partition coefficient (Wildman–Crippen LogP) is 1.67. The lowest BCUT2D eigenvalue weighted by Crippen LogP contribution is -2.44. The van der Waals surface area contributed by atoms with Gasteiger partial charge in [0.15, 0.2) is 9.84 Å². The highest BCUT2D eigenvalue weighted by Gasteiger charge is 2.37. The minimum Gasteiger partial charge on any atom is -0.311 e. The Bertz CT molecular complexity index is 1090. The lowest BCUT2D eigenvalue weighted by atomic mass is 10.0. The summed E-state index contributed by atoms with van der Waals surface area (Å²) in [4.78, 5) is 40.6. The van der Waals surface area contributed by atoms with Gasteiger partial charge in [0.05, 0.1) is 16.0 Å². The summed E-state index contributed by atoms with van der Waals surface area (Å²) >= 11 is 0.